The summed E-state index contributed by atoms with van der Waals surface area (Å²) in [6, 6.07) is 3.48. The lowest BCUT2D eigenvalue weighted by molar-refractivity contribution is -0.122. The Labute approximate surface area is 95.7 Å². The largest absolute Gasteiger partial charge is 0.357 e. The Balaban J connectivity index is 2.53. The van der Waals surface area contributed by atoms with Gasteiger partial charge in [-0.3, -0.25) is 4.79 Å². The number of nitrogens with one attached hydrogen (secondary N) is 2. The zero-order valence-electron chi connectivity index (χ0n) is 10.1. The number of aromatic nitrogens is 2. The highest BCUT2D eigenvalue weighted by Gasteiger charge is 2.13. The Kier molecular flexibility index (Phi) is 4.22. The van der Waals surface area contributed by atoms with E-state index >= 15 is 0 Å². The first-order valence-corrected chi connectivity index (χ1v) is 5.36. The molecular weight excluding hydrogens is 204 g/mol. The van der Waals surface area contributed by atoms with Crippen LogP contribution in [0.2, 0.25) is 0 Å². The lowest BCUT2D eigenvalue weighted by atomic mass is 10.3. The fourth-order valence-electron chi connectivity index (χ4n) is 1.17. The minimum Gasteiger partial charge on any atom is -0.357 e. The minimum absolute atomic E-state index is 0.0441. The molecular formula is C11H18N4O. The maximum absolute atomic E-state index is 11.6. The van der Waals surface area contributed by atoms with Gasteiger partial charge in [-0.25, -0.2) is 0 Å². The SMILES string of the molecule is Cc1ccc(NC(C)C(=O)NC(C)C)nn1. The standard InChI is InChI=1S/C11H18N4O/c1-7(2)12-11(16)9(4)13-10-6-5-8(3)14-15-10/h5-7,9H,1-4H3,(H,12,16)(H,13,15). The smallest absolute Gasteiger partial charge is 0.242 e. The molecule has 1 aromatic rings. The van der Waals surface area contributed by atoms with E-state index in [1.165, 1.54) is 0 Å². The second kappa shape index (κ2) is 5.44. The van der Waals surface area contributed by atoms with Gasteiger partial charge < -0.3 is 10.6 Å². The molecule has 0 spiro atoms. The molecule has 0 aliphatic carbocycles. The van der Waals surface area contributed by atoms with E-state index in [1.807, 2.05) is 32.9 Å². The van der Waals surface area contributed by atoms with Crippen LogP contribution in [-0.2, 0) is 4.79 Å². The third-order valence-electron chi connectivity index (χ3n) is 1.99. The minimum atomic E-state index is -0.320. The molecule has 5 heteroatoms. The fourth-order valence-corrected chi connectivity index (χ4v) is 1.17. The number of carbonyl (C=O) groups is 1. The van der Waals surface area contributed by atoms with Gasteiger partial charge in [-0.1, -0.05) is 0 Å². The topological polar surface area (TPSA) is 66.9 Å². The quantitative estimate of drug-likeness (QED) is 0.801. The van der Waals surface area contributed by atoms with Crippen molar-refractivity contribution in [3.05, 3.63) is 17.8 Å². The van der Waals surface area contributed by atoms with Crippen molar-refractivity contribution in [2.45, 2.75) is 39.8 Å². The highest BCUT2D eigenvalue weighted by molar-refractivity contribution is 5.84. The number of hydrogen-bond acceptors (Lipinski definition) is 4. The van der Waals surface area contributed by atoms with E-state index in [0.29, 0.717) is 5.82 Å². The van der Waals surface area contributed by atoms with Gasteiger partial charge in [0.25, 0.3) is 0 Å². The molecule has 0 aliphatic heterocycles. The first-order chi connectivity index (χ1) is 7.49. The predicted molar refractivity (Wildman–Crippen MR) is 63.1 cm³/mol. The van der Waals surface area contributed by atoms with Crippen LogP contribution in [0.4, 0.5) is 5.82 Å². The Morgan fingerprint density at radius 2 is 1.94 bits per heavy atom. The summed E-state index contributed by atoms with van der Waals surface area (Å²) in [5.41, 5.74) is 0.852. The molecule has 1 unspecified atom stereocenters. The number of carbonyl (C=O) groups excluding carboxylic acids is 1. The van der Waals surface area contributed by atoms with Crippen molar-refractivity contribution in [2.24, 2.45) is 0 Å². The molecule has 1 aromatic heterocycles. The van der Waals surface area contributed by atoms with E-state index in [0.717, 1.165) is 5.69 Å². The second-order valence-corrected chi connectivity index (χ2v) is 4.09. The van der Waals surface area contributed by atoms with Crippen LogP contribution in [0.5, 0.6) is 0 Å². The highest BCUT2D eigenvalue weighted by Crippen LogP contribution is 2.03. The number of amides is 1. The molecule has 0 radical (unpaired) electrons. The Bertz CT molecular complexity index is 348. The maximum atomic E-state index is 11.6. The molecule has 1 rings (SSSR count). The van der Waals surface area contributed by atoms with Gasteiger partial charge in [0.1, 0.15) is 11.9 Å². The van der Waals surface area contributed by atoms with Crippen LogP contribution in [0, 0.1) is 6.92 Å². The van der Waals surface area contributed by atoms with Crippen molar-refractivity contribution in [3.8, 4) is 0 Å². The maximum Gasteiger partial charge on any atom is 0.242 e. The zero-order chi connectivity index (χ0) is 12.1. The van der Waals surface area contributed by atoms with Gasteiger partial charge in [0.05, 0.1) is 5.69 Å². The van der Waals surface area contributed by atoms with Gasteiger partial charge >= 0.3 is 0 Å². The van der Waals surface area contributed by atoms with E-state index in [9.17, 15) is 4.79 Å². The number of hydrogen-bond donors (Lipinski definition) is 2. The van der Waals surface area contributed by atoms with Crippen LogP contribution < -0.4 is 10.6 Å². The molecule has 1 atom stereocenters. The molecule has 16 heavy (non-hydrogen) atoms. The van der Waals surface area contributed by atoms with Gasteiger partial charge in [0.2, 0.25) is 5.91 Å². The monoisotopic (exact) mass is 222 g/mol. The van der Waals surface area contributed by atoms with E-state index in [1.54, 1.807) is 6.92 Å². The Morgan fingerprint density at radius 1 is 1.25 bits per heavy atom. The summed E-state index contributed by atoms with van der Waals surface area (Å²) in [6.45, 7) is 7.51. The summed E-state index contributed by atoms with van der Waals surface area (Å²) in [6.07, 6.45) is 0. The molecule has 0 aromatic carbocycles. The van der Waals surface area contributed by atoms with Crippen LogP contribution in [0.15, 0.2) is 12.1 Å². The molecule has 1 amide bonds. The van der Waals surface area contributed by atoms with Gasteiger partial charge in [-0.2, -0.15) is 5.10 Å². The lowest BCUT2D eigenvalue weighted by Crippen LogP contribution is -2.41. The molecule has 88 valence electrons. The molecule has 0 bridgehead atoms. The predicted octanol–water partition coefficient (Wildman–Crippen LogP) is 1.11. The van der Waals surface area contributed by atoms with Gasteiger partial charge in [0.15, 0.2) is 0 Å². The van der Waals surface area contributed by atoms with E-state index < -0.39 is 0 Å². The van der Waals surface area contributed by atoms with Crippen molar-refractivity contribution < 1.29 is 4.79 Å². The molecule has 0 saturated carbocycles. The highest BCUT2D eigenvalue weighted by atomic mass is 16.2. The zero-order valence-corrected chi connectivity index (χ0v) is 10.1. The third kappa shape index (κ3) is 3.84. The number of anilines is 1. The van der Waals surface area contributed by atoms with Crippen LogP contribution >= 0.6 is 0 Å². The summed E-state index contributed by atoms with van der Waals surface area (Å²) in [7, 11) is 0. The van der Waals surface area contributed by atoms with E-state index in [-0.39, 0.29) is 18.0 Å². The summed E-state index contributed by atoms with van der Waals surface area (Å²) >= 11 is 0. The Hall–Kier alpha value is -1.65. The molecule has 0 aliphatic rings. The number of nitrogens with zero attached hydrogens (tertiary/aromatic N) is 2. The molecule has 0 saturated heterocycles. The summed E-state index contributed by atoms with van der Waals surface area (Å²) in [5, 5.41) is 13.7. The van der Waals surface area contributed by atoms with Gasteiger partial charge in [-0.15, -0.1) is 5.10 Å². The first-order valence-electron chi connectivity index (χ1n) is 5.36. The average molecular weight is 222 g/mol. The summed E-state index contributed by atoms with van der Waals surface area (Å²) < 4.78 is 0. The number of rotatable bonds is 4. The first kappa shape index (κ1) is 12.4. The van der Waals surface area contributed by atoms with Crippen molar-refractivity contribution in [3.63, 3.8) is 0 Å². The van der Waals surface area contributed by atoms with Crippen LogP contribution in [-0.4, -0.2) is 28.2 Å². The number of aryl methyl sites for hydroxylation is 1. The molecule has 0 fully saturated rings. The van der Waals surface area contributed by atoms with Crippen molar-refractivity contribution in [1.82, 2.24) is 15.5 Å². The van der Waals surface area contributed by atoms with Crippen molar-refractivity contribution in [2.75, 3.05) is 5.32 Å². The fraction of sp³-hybridized carbons (Fsp3) is 0.545. The summed E-state index contributed by atoms with van der Waals surface area (Å²) in [5.74, 6) is 0.564. The van der Waals surface area contributed by atoms with Crippen molar-refractivity contribution >= 4 is 11.7 Å². The normalized spacial score (nSPS) is 12.3. The average Bonchev–Trinajstić information content (AvgIpc) is 2.20. The van der Waals surface area contributed by atoms with Crippen LogP contribution in [0.3, 0.4) is 0 Å². The van der Waals surface area contributed by atoms with E-state index in [2.05, 4.69) is 20.8 Å². The van der Waals surface area contributed by atoms with Crippen LogP contribution in [0.25, 0.3) is 0 Å². The van der Waals surface area contributed by atoms with E-state index in [4.69, 9.17) is 0 Å². The lowest BCUT2D eigenvalue weighted by Gasteiger charge is -2.16. The molecule has 5 nitrogen and oxygen atoms in total. The third-order valence-corrected chi connectivity index (χ3v) is 1.99. The molecule has 2 N–H and O–H groups in total. The summed E-state index contributed by atoms with van der Waals surface area (Å²) in [4.78, 5) is 11.6. The van der Waals surface area contributed by atoms with Crippen LogP contribution in [0.1, 0.15) is 26.5 Å². The van der Waals surface area contributed by atoms with Gasteiger partial charge in [0, 0.05) is 6.04 Å². The van der Waals surface area contributed by atoms with Gasteiger partial charge in [-0.05, 0) is 39.8 Å². The Morgan fingerprint density at radius 3 is 2.44 bits per heavy atom. The second-order valence-electron chi connectivity index (χ2n) is 4.09. The molecule has 1 heterocycles. The van der Waals surface area contributed by atoms with Crippen molar-refractivity contribution in [1.29, 1.82) is 0 Å².